The van der Waals surface area contributed by atoms with Gasteiger partial charge in [-0.1, -0.05) is 0 Å². The zero-order valence-electron chi connectivity index (χ0n) is 16.2. The molecule has 0 unspecified atom stereocenters. The Labute approximate surface area is 176 Å². The quantitative estimate of drug-likeness (QED) is 0.492. The summed E-state index contributed by atoms with van der Waals surface area (Å²) in [7, 11) is 0. The van der Waals surface area contributed by atoms with Gasteiger partial charge in [0.25, 0.3) is 11.8 Å². The van der Waals surface area contributed by atoms with Gasteiger partial charge in [-0.25, -0.2) is 0 Å². The second-order valence-corrected chi connectivity index (χ2v) is 7.28. The number of rotatable bonds is 3. The van der Waals surface area contributed by atoms with Gasteiger partial charge < -0.3 is 13.7 Å². The van der Waals surface area contributed by atoms with E-state index in [2.05, 4.69) is 10.2 Å². The zero-order chi connectivity index (χ0) is 23.1. The highest BCUT2D eigenvalue weighted by Gasteiger charge is 2.38. The summed E-state index contributed by atoms with van der Waals surface area (Å²) in [5.41, 5.74) is -3.72. The molecule has 1 aliphatic heterocycles. The molecule has 32 heavy (non-hydrogen) atoms. The summed E-state index contributed by atoms with van der Waals surface area (Å²) in [6.07, 6.45) is -7.88. The van der Waals surface area contributed by atoms with E-state index in [1.54, 1.807) is 12.1 Å². The van der Waals surface area contributed by atoms with Crippen LogP contribution in [0.15, 0.2) is 45.4 Å². The van der Waals surface area contributed by atoms with Crippen molar-refractivity contribution in [2.75, 3.05) is 13.1 Å². The van der Waals surface area contributed by atoms with E-state index in [9.17, 15) is 31.1 Å². The molecule has 0 atom stereocenters. The molecule has 0 radical (unpaired) electrons. The molecule has 0 N–H and O–H groups in total. The van der Waals surface area contributed by atoms with Gasteiger partial charge >= 0.3 is 12.4 Å². The van der Waals surface area contributed by atoms with Crippen LogP contribution in [0.5, 0.6) is 0 Å². The molecule has 1 amide bonds. The molecule has 1 aromatic carbocycles. The predicted molar refractivity (Wildman–Crippen MR) is 96.3 cm³/mol. The number of furan rings is 1. The molecule has 12 heteroatoms. The summed E-state index contributed by atoms with van der Waals surface area (Å²) in [6, 6.07) is 4.17. The van der Waals surface area contributed by atoms with E-state index in [0.29, 0.717) is 36.6 Å². The molecule has 1 saturated heterocycles. The molecule has 3 aromatic rings. The molecule has 170 valence electrons. The highest BCUT2D eigenvalue weighted by molar-refractivity contribution is 5.94. The highest BCUT2D eigenvalue weighted by atomic mass is 19.4. The first-order chi connectivity index (χ1) is 15.0. The second kappa shape index (κ2) is 7.99. The van der Waals surface area contributed by atoms with Crippen molar-refractivity contribution >= 4 is 5.91 Å². The van der Waals surface area contributed by atoms with Gasteiger partial charge in [-0.3, -0.25) is 4.79 Å². The molecular weight excluding hydrogens is 444 g/mol. The van der Waals surface area contributed by atoms with Crippen molar-refractivity contribution in [2.24, 2.45) is 0 Å². The maximum Gasteiger partial charge on any atom is 0.416 e. The lowest BCUT2D eigenvalue weighted by Crippen LogP contribution is -2.38. The lowest BCUT2D eigenvalue weighted by Gasteiger charge is -2.30. The first kappa shape index (κ1) is 21.9. The summed E-state index contributed by atoms with van der Waals surface area (Å²) >= 11 is 0. The number of hydrogen-bond donors (Lipinski definition) is 0. The highest BCUT2D eigenvalue weighted by Crippen LogP contribution is 2.37. The van der Waals surface area contributed by atoms with E-state index in [0.717, 1.165) is 0 Å². The van der Waals surface area contributed by atoms with Crippen LogP contribution in [0.25, 0.3) is 11.7 Å². The molecule has 6 nitrogen and oxygen atoms in total. The van der Waals surface area contributed by atoms with Gasteiger partial charge in [0.15, 0.2) is 5.76 Å². The average molecular weight is 459 g/mol. The second-order valence-electron chi connectivity index (χ2n) is 7.28. The number of likely N-dealkylation sites (tertiary alicyclic amines) is 1. The number of alkyl halides is 6. The molecule has 0 aliphatic carbocycles. The fraction of sp³-hybridized carbons (Fsp3) is 0.350. The molecule has 1 aliphatic rings. The van der Waals surface area contributed by atoms with Gasteiger partial charge in [-0.05, 0) is 43.2 Å². The van der Waals surface area contributed by atoms with Gasteiger partial charge in [0.05, 0.1) is 17.4 Å². The number of aromatic nitrogens is 2. The Balaban J connectivity index is 1.49. The minimum atomic E-state index is -5.02. The molecule has 3 heterocycles. The third-order valence-corrected chi connectivity index (χ3v) is 5.14. The van der Waals surface area contributed by atoms with Crippen LogP contribution >= 0.6 is 0 Å². The van der Waals surface area contributed by atoms with Gasteiger partial charge in [-0.15, -0.1) is 10.2 Å². The van der Waals surface area contributed by atoms with E-state index in [4.69, 9.17) is 8.83 Å². The van der Waals surface area contributed by atoms with Crippen LogP contribution in [0.1, 0.15) is 46.1 Å². The van der Waals surface area contributed by atoms with Gasteiger partial charge in [-0.2, -0.15) is 26.3 Å². The maximum atomic E-state index is 13.1. The number of hydrogen-bond acceptors (Lipinski definition) is 5. The summed E-state index contributed by atoms with van der Waals surface area (Å²) in [4.78, 5) is 13.9. The van der Waals surface area contributed by atoms with Crippen molar-refractivity contribution in [1.29, 1.82) is 0 Å². The Kier molecular flexibility index (Phi) is 5.47. The van der Waals surface area contributed by atoms with E-state index >= 15 is 0 Å². The van der Waals surface area contributed by atoms with Gasteiger partial charge in [0.1, 0.15) is 0 Å². The number of nitrogens with zero attached hydrogens (tertiary/aromatic N) is 3. The number of piperidine rings is 1. The van der Waals surface area contributed by atoms with Crippen LogP contribution in [-0.4, -0.2) is 34.1 Å². The van der Waals surface area contributed by atoms with Crippen molar-refractivity contribution < 1.29 is 40.0 Å². The number of benzene rings is 1. The molecule has 0 spiro atoms. The van der Waals surface area contributed by atoms with Crippen LogP contribution in [0.4, 0.5) is 26.3 Å². The number of carbonyl (C=O) groups excluding carboxylic acids is 1. The normalized spacial score (nSPS) is 15.9. The topological polar surface area (TPSA) is 72.4 Å². The van der Waals surface area contributed by atoms with E-state index < -0.39 is 35.0 Å². The molecule has 1 fully saturated rings. The smallest absolute Gasteiger partial charge is 0.416 e. The molecule has 0 bridgehead atoms. The fourth-order valence-electron chi connectivity index (χ4n) is 3.49. The standard InChI is InChI=1S/C20H15F6N3O3/c21-19(22,23)13-8-12(9-14(10-13)20(24,25)26)18(30)29-5-3-11(4-6-29)16-27-28-17(32-16)15-2-1-7-31-15/h1-2,7-11H,3-6H2. The van der Waals surface area contributed by atoms with Crippen molar-refractivity contribution in [3.8, 4) is 11.7 Å². The van der Waals surface area contributed by atoms with E-state index in [1.807, 2.05) is 0 Å². The van der Waals surface area contributed by atoms with Crippen molar-refractivity contribution in [1.82, 2.24) is 15.1 Å². The third kappa shape index (κ3) is 4.48. The Morgan fingerprint density at radius 1 is 0.969 bits per heavy atom. The first-order valence-corrected chi connectivity index (χ1v) is 9.48. The van der Waals surface area contributed by atoms with E-state index in [-0.39, 0.29) is 31.0 Å². The van der Waals surface area contributed by atoms with Crippen LogP contribution in [-0.2, 0) is 12.4 Å². The predicted octanol–water partition coefficient (Wildman–Crippen LogP) is 5.39. The van der Waals surface area contributed by atoms with Crippen LogP contribution in [0, 0.1) is 0 Å². The van der Waals surface area contributed by atoms with Crippen LogP contribution in [0.2, 0.25) is 0 Å². The molecule has 2 aromatic heterocycles. The van der Waals surface area contributed by atoms with Crippen molar-refractivity contribution in [3.05, 3.63) is 59.2 Å². The molecule has 4 rings (SSSR count). The van der Waals surface area contributed by atoms with Crippen molar-refractivity contribution in [3.63, 3.8) is 0 Å². The van der Waals surface area contributed by atoms with Gasteiger partial charge in [0, 0.05) is 24.6 Å². The van der Waals surface area contributed by atoms with Gasteiger partial charge in [0.2, 0.25) is 5.89 Å². The first-order valence-electron chi connectivity index (χ1n) is 9.48. The maximum absolute atomic E-state index is 13.1. The summed E-state index contributed by atoms with van der Waals surface area (Å²) < 4.78 is 89.1. The third-order valence-electron chi connectivity index (χ3n) is 5.14. The number of amides is 1. The van der Waals surface area contributed by atoms with E-state index in [1.165, 1.54) is 11.2 Å². The lowest BCUT2D eigenvalue weighted by atomic mass is 9.96. The van der Waals surface area contributed by atoms with Crippen LogP contribution in [0.3, 0.4) is 0 Å². The summed E-state index contributed by atoms with van der Waals surface area (Å²) in [5.74, 6) is -0.209. The SMILES string of the molecule is O=C(c1cc(C(F)(F)F)cc(C(F)(F)F)c1)N1CCC(c2nnc(-c3ccco3)o2)CC1. The minimum Gasteiger partial charge on any atom is -0.459 e. The Morgan fingerprint density at radius 2 is 1.59 bits per heavy atom. The molecule has 0 saturated carbocycles. The Morgan fingerprint density at radius 3 is 2.12 bits per heavy atom. The Bertz CT molecular complexity index is 1060. The number of carbonyl (C=O) groups is 1. The molecular formula is C20H15F6N3O3. The monoisotopic (exact) mass is 459 g/mol. The Hall–Kier alpha value is -3.31. The largest absolute Gasteiger partial charge is 0.459 e. The van der Waals surface area contributed by atoms with Crippen LogP contribution < -0.4 is 0 Å². The number of halogens is 6. The fourth-order valence-corrected chi connectivity index (χ4v) is 3.49. The summed E-state index contributed by atoms with van der Waals surface area (Å²) in [6.45, 7) is 0.221. The van der Waals surface area contributed by atoms with Crippen molar-refractivity contribution in [2.45, 2.75) is 31.1 Å². The minimum absolute atomic E-state index is 0.00476. The summed E-state index contributed by atoms with van der Waals surface area (Å²) in [5, 5.41) is 7.87. The average Bonchev–Trinajstić information content (AvgIpc) is 3.43. The zero-order valence-corrected chi connectivity index (χ0v) is 16.2. The lowest BCUT2D eigenvalue weighted by molar-refractivity contribution is -0.143.